The molecule has 0 fully saturated rings. The third-order valence-corrected chi connectivity index (χ3v) is 4.36. The van der Waals surface area contributed by atoms with E-state index in [-0.39, 0.29) is 12.2 Å². The summed E-state index contributed by atoms with van der Waals surface area (Å²) in [6, 6.07) is 11.2. The zero-order valence-corrected chi connectivity index (χ0v) is 18.5. The molecule has 1 aromatic carbocycles. The number of ether oxygens (including phenoxy) is 3. The van der Waals surface area contributed by atoms with Crippen LogP contribution >= 0.6 is 15.9 Å². The first-order valence-electron chi connectivity index (χ1n) is 9.04. The average Bonchev–Trinajstić information content (AvgIpc) is 2.64. The zero-order chi connectivity index (χ0) is 20.7. The van der Waals surface area contributed by atoms with Gasteiger partial charge in [-0.05, 0) is 67.0 Å². The van der Waals surface area contributed by atoms with Crippen molar-refractivity contribution in [3.05, 3.63) is 52.8 Å². The molecule has 152 valence electrons. The molecule has 0 bridgehead atoms. The molecule has 0 aliphatic carbocycles. The van der Waals surface area contributed by atoms with Crippen molar-refractivity contribution < 1.29 is 19.0 Å². The molecule has 0 spiro atoms. The lowest BCUT2D eigenvalue weighted by molar-refractivity contribution is 0.0278. The van der Waals surface area contributed by atoms with E-state index in [1.807, 2.05) is 57.2 Å². The zero-order valence-electron chi connectivity index (χ0n) is 16.9. The Morgan fingerprint density at radius 1 is 1.14 bits per heavy atom. The summed E-state index contributed by atoms with van der Waals surface area (Å²) in [6.07, 6.45) is 1.74. The van der Waals surface area contributed by atoms with Gasteiger partial charge in [-0.3, -0.25) is 0 Å². The number of aromatic nitrogens is 1. The molecule has 1 atom stereocenters. The van der Waals surface area contributed by atoms with Gasteiger partial charge in [-0.1, -0.05) is 6.07 Å². The number of carbonyl (C=O) groups is 1. The number of methoxy groups -OCH3 is 1. The molecule has 2 rings (SSSR count). The Morgan fingerprint density at radius 2 is 1.79 bits per heavy atom. The largest absolute Gasteiger partial charge is 0.497 e. The van der Waals surface area contributed by atoms with Crippen LogP contribution in [0.3, 0.4) is 0 Å². The lowest BCUT2D eigenvalue weighted by Crippen LogP contribution is -2.35. The highest BCUT2D eigenvalue weighted by Crippen LogP contribution is 2.27. The van der Waals surface area contributed by atoms with E-state index < -0.39 is 5.60 Å². The van der Waals surface area contributed by atoms with E-state index in [2.05, 4.69) is 20.9 Å². The second kappa shape index (κ2) is 9.78. The van der Waals surface area contributed by atoms with Crippen LogP contribution in [0.2, 0.25) is 0 Å². The highest BCUT2D eigenvalue weighted by atomic mass is 79.9. The van der Waals surface area contributed by atoms with Crippen molar-refractivity contribution in [2.45, 2.75) is 38.9 Å². The van der Waals surface area contributed by atoms with Crippen LogP contribution < -0.4 is 9.47 Å². The van der Waals surface area contributed by atoms with Gasteiger partial charge in [0, 0.05) is 31.8 Å². The molecule has 0 N–H and O–H groups in total. The number of hydrogen-bond donors (Lipinski definition) is 0. The number of amides is 1. The van der Waals surface area contributed by atoms with E-state index in [9.17, 15) is 4.79 Å². The highest BCUT2D eigenvalue weighted by Gasteiger charge is 2.21. The molecule has 28 heavy (non-hydrogen) atoms. The second-order valence-corrected chi connectivity index (χ2v) is 8.20. The van der Waals surface area contributed by atoms with Gasteiger partial charge in [0.25, 0.3) is 0 Å². The number of nitrogens with zero attached hydrogens (tertiary/aromatic N) is 2. The predicted octanol–water partition coefficient (Wildman–Crippen LogP) is 5.23. The lowest BCUT2D eigenvalue weighted by atomic mass is 10.1. The van der Waals surface area contributed by atoms with Crippen LogP contribution in [0.4, 0.5) is 4.79 Å². The molecule has 1 heterocycles. The molecule has 0 aliphatic rings. The monoisotopic (exact) mass is 450 g/mol. The van der Waals surface area contributed by atoms with Crippen LogP contribution in [0.25, 0.3) is 0 Å². The van der Waals surface area contributed by atoms with Gasteiger partial charge in [0.15, 0.2) is 0 Å². The first kappa shape index (κ1) is 22.0. The SMILES string of the molecule is COc1ccc(OC(CCN(C)C(=O)OC(C)(C)C)c2ccc(Br)nc2)cc1. The Bertz CT molecular complexity index is 757. The Morgan fingerprint density at radius 3 is 2.32 bits per heavy atom. The maximum absolute atomic E-state index is 12.2. The molecule has 2 aromatic rings. The van der Waals surface area contributed by atoms with Crippen LogP contribution in [0.1, 0.15) is 38.9 Å². The van der Waals surface area contributed by atoms with Crippen LogP contribution in [0.15, 0.2) is 47.2 Å². The maximum Gasteiger partial charge on any atom is 0.410 e. The van der Waals surface area contributed by atoms with Gasteiger partial charge in [-0.25, -0.2) is 9.78 Å². The summed E-state index contributed by atoms with van der Waals surface area (Å²) in [5, 5.41) is 0. The first-order chi connectivity index (χ1) is 13.2. The maximum atomic E-state index is 12.2. The molecular formula is C21H27BrN2O4. The standard InChI is InChI=1S/C21H27BrN2O4/c1-21(2,3)28-20(25)24(4)13-12-18(15-6-11-19(22)23-14-15)27-17-9-7-16(26-5)8-10-17/h6-11,14,18H,12-13H2,1-5H3. The average molecular weight is 451 g/mol. The normalized spacial score (nSPS) is 12.2. The van der Waals surface area contributed by atoms with Gasteiger partial charge in [0.05, 0.1) is 7.11 Å². The molecule has 1 unspecified atom stereocenters. The summed E-state index contributed by atoms with van der Waals surface area (Å²) in [5.41, 5.74) is 0.400. The Balaban J connectivity index is 2.09. The third kappa shape index (κ3) is 7.03. The van der Waals surface area contributed by atoms with Gasteiger partial charge in [0.2, 0.25) is 0 Å². The summed E-state index contributed by atoms with van der Waals surface area (Å²) >= 11 is 3.35. The highest BCUT2D eigenvalue weighted by molar-refractivity contribution is 9.10. The smallest absolute Gasteiger partial charge is 0.410 e. The number of benzene rings is 1. The third-order valence-electron chi connectivity index (χ3n) is 3.89. The van der Waals surface area contributed by atoms with E-state index >= 15 is 0 Å². The molecular weight excluding hydrogens is 424 g/mol. The van der Waals surface area contributed by atoms with Gasteiger partial charge in [-0.2, -0.15) is 0 Å². The van der Waals surface area contributed by atoms with Crippen molar-refractivity contribution in [2.75, 3.05) is 20.7 Å². The minimum Gasteiger partial charge on any atom is -0.497 e. The lowest BCUT2D eigenvalue weighted by Gasteiger charge is -2.26. The van der Waals surface area contributed by atoms with E-state index in [1.165, 1.54) is 0 Å². The number of pyridine rings is 1. The van der Waals surface area contributed by atoms with E-state index in [0.717, 1.165) is 15.9 Å². The summed E-state index contributed by atoms with van der Waals surface area (Å²) in [6.45, 7) is 6.03. The molecule has 0 saturated heterocycles. The quantitative estimate of drug-likeness (QED) is 0.540. The topological polar surface area (TPSA) is 60.9 Å². The van der Waals surface area contributed by atoms with Crippen molar-refractivity contribution in [1.29, 1.82) is 0 Å². The van der Waals surface area contributed by atoms with Crippen LogP contribution in [0, 0.1) is 0 Å². The van der Waals surface area contributed by atoms with E-state index in [0.29, 0.717) is 18.7 Å². The van der Waals surface area contributed by atoms with Crippen molar-refractivity contribution in [2.24, 2.45) is 0 Å². The molecule has 1 amide bonds. The summed E-state index contributed by atoms with van der Waals surface area (Å²) < 4.78 is 17.5. The van der Waals surface area contributed by atoms with Gasteiger partial charge >= 0.3 is 6.09 Å². The predicted molar refractivity (Wildman–Crippen MR) is 112 cm³/mol. The molecule has 0 radical (unpaired) electrons. The van der Waals surface area contributed by atoms with Crippen LogP contribution in [-0.2, 0) is 4.74 Å². The molecule has 1 aromatic heterocycles. The summed E-state index contributed by atoms with van der Waals surface area (Å²) in [5.74, 6) is 1.48. The Hall–Kier alpha value is -2.28. The Kier molecular flexibility index (Phi) is 7.69. The number of rotatable bonds is 7. The number of carbonyl (C=O) groups excluding carboxylic acids is 1. The van der Waals surface area contributed by atoms with Crippen molar-refractivity contribution >= 4 is 22.0 Å². The van der Waals surface area contributed by atoms with Crippen LogP contribution in [-0.4, -0.2) is 42.3 Å². The molecule has 0 saturated carbocycles. The van der Waals surface area contributed by atoms with Crippen LogP contribution in [0.5, 0.6) is 11.5 Å². The Labute approximate surface area is 174 Å². The summed E-state index contributed by atoms with van der Waals surface area (Å²) in [7, 11) is 3.34. The van der Waals surface area contributed by atoms with Gasteiger partial charge < -0.3 is 19.1 Å². The molecule has 7 heteroatoms. The summed E-state index contributed by atoms with van der Waals surface area (Å²) in [4.78, 5) is 18.1. The molecule has 0 aliphatic heterocycles. The van der Waals surface area contributed by atoms with E-state index in [1.54, 1.807) is 25.3 Å². The van der Waals surface area contributed by atoms with Gasteiger partial charge in [-0.15, -0.1) is 0 Å². The van der Waals surface area contributed by atoms with Crippen molar-refractivity contribution in [3.8, 4) is 11.5 Å². The number of hydrogen-bond acceptors (Lipinski definition) is 5. The van der Waals surface area contributed by atoms with Crippen molar-refractivity contribution in [1.82, 2.24) is 9.88 Å². The molecule has 6 nitrogen and oxygen atoms in total. The van der Waals surface area contributed by atoms with Crippen molar-refractivity contribution in [3.63, 3.8) is 0 Å². The van der Waals surface area contributed by atoms with Gasteiger partial charge in [0.1, 0.15) is 27.8 Å². The fourth-order valence-corrected chi connectivity index (χ4v) is 2.67. The fraction of sp³-hybridized carbons (Fsp3) is 0.429. The van der Waals surface area contributed by atoms with E-state index in [4.69, 9.17) is 14.2 Å². The minimum atomic E-state index is -0.528. The fourth-order valence-electron chi connectivity index (χ4n) is 2.43. The first-order valence-corrected chi connectivity index (χ1v) is 9.83. The number of halogens is 1. The minimum absolute atomic E-state index is 0.265. The second-order valence-electron chi connectivity index (χ2n) is 7.39.